The molecule has 1 N–H and O–H groups in total. The first-order valence-corrected chi connectivity index (χ1v) is 7.34. The molecule has 2 rings (SSSR count). The average molecular weight is 268 g/mol. The smallest absolute Gasteiger partial charge is 0.0423 e. The molecule has 0 aliphatic heterocycles. The Bertz CT molecular complexity index is 575. The van der Waals surface area contributed by atoms with Crippen LogP contribution >= 0.6 is 0 Å². The lowest BCUT2D eigenvalue weighted by Crippen LogP contribution is -2.24. The number of nitrogens with one attached hydrogen (secondary N) is 1. The first kappa shape index (κ1) is 14.7. The molecule has 2 heteroatoms. The molecule has 1 atom stereocenters. The number of aryl methyl sites for hydroxylation is 3. The summed E-state index contributed by atoms with van der Waals surface area (Å²) in [4.78, 5) is 4.60. The molecule has 0 fully saturated rings. The Morgan fingerprint density at radius 2 is 1.80 bits per heavy atom. The minimum atomic E-state index is 0.328. The van der Waals surface area contributed by atoms with E-state index in [1.807, 2.05) is 6.92 Å². The van der Waals surface area contributed by atoms with Gasteiger partial charge in [0.2, 0.25) is 0 Å². The van der Waals surface area contributed by atoms with Crippen molar-refractivity contribution >= 4 is 0 Å². The van der Waals surface area contributed by atoms with E-state index in [0.717, 1.165) is 24.4 Å². The lowest BCUT2D eigenvalue weighted by Gasteiger charge is -2.21. The molecule has 0 amide bonds. The Balaban J connectivity index is 2.29. The van der Waals surface area contributed by atoms with Crippen LogP contribution in [0.3, 0.4) is 0 Å². The van der Waals surface area contributed by atoms with Gasteiger partial charge in [0.05, 0.1) is 0 Å². The van der Waals surface area contributed by atoms with Gasteiger partial charge in [-0.15, -0.1) is 0 Å². The summed E-state index contributed by atoms with van der Waals surface area (Å²) in [5.41, 5.74) is 6.27. The van der Waals surface area contributed by atoms with Crippen molar-refractivity contribution in [1.82, 2.24) is 10.3 Å². The van der Waals surface area contributed by atoms with Crippen molar-refractivity contribution in [3.63, 3.8) is 0 Å². The summed E-state index contributed by atoms with van der Waals surface area (Å²) in [6.45, 7) is 9.44. The lowest BCUT2D eigenvalue weighted by atomic mass is 9.95. The zero-order valence-corrected chi connectivity index (χ0v) is 12.9. The molecule has 1 heterocycles. The molecule has 0 saturated carbocycles. The molecule has 1 unspecified atom stereocenters. The fourth-order valence-corrected chi connectivity index (χ4v) is 2.66. The highest BCUT2D eigenvalue weighted by Crippen LogP contribution is 2.22. The van der Waals surface area contributed by atoms with E-state index in [0.29, 0.717) is 6.04 Å². The quantitative estimate of drug-likeness (QED) is 0.889. The SMILES string of the molecule is CCNC(Cc1ccccc1C)c1ccc(C)nc1C. The predicted molar refractivity (Wildman–Crippen MR) is 85.0 cm³/mol. The molecular formula is C18H24N2. The summed E-state index contributed by atoms with van der Waals surface area (Å²) in [6.07, 6.45) is 1.01. The van der Waals surface area contributed by atoms with Crippen molar-refractivity contribution in [3.8, 4) is 0 Å². The molecule has 106 valence electrons. The van der Waals surface area contributed by atoms with Gasteiger partial charge in [-0.25, -0.2) is 0 Å². The minimum absolute atomic E-state index is 0.328. The summed E-state index contributed by atoms with van der Waals surface area (Å²) in [7, 11) is 0. The summed E-state index contributed by atoms with van der Waals surface area (Å²) in [5.74, 6) is 0. The monoisotopic (exact) mass is 268 g/mol. The third kappa shape index (κ3) is 3.45. The van der Waals surface area contributed by atoms with Gasteiger partial charge in [-0.1, -0.05) is 37.3 Å². The van der Waals surface area contributed by atoms with Gasteiger partial charge in [-0.05, 0) is 56.5 Å². The van der Waals surface area contributed by atoms with Gasteiger partial charge in [0, 0.05) is 17.4 Å². The maximum atomic E-state index is 4.60. The van der Waals surface area contributed by atoms with Crippen molar-refractivity contribution in [2.45, 2.75) is 40.2 Å². The second-order valence-corrected chi connectivity index (χ2v) is 5.37. The predicted octanol–water partition coefficient (Wildman–Crippen LogP) is 3.90. The maximum absolute atomic E-state index is 4.60. The van der Waals surface area contributed by atoms with Crippen LogP contribution < -0.4 is 5.32 Å². The van der Waals surface area contributed by atoms with Crippen molar-refractivity contribution in [2.75, 3.05) is 6.54 Å². The number of rotatable bonds is 5. The van der Waals surface area contributed by atoms with Crippen molar-refractivity contribution in [1.29, 1.82) is 0 Å². The van der Waals surface area contributed by atoms with Crippen LogP contribution in [-0.2, 0) is 6.42 Å². The van der Waals surface area contributed by atoms with Crippen LogP contribution in [0.5, 0.6) is 0 Å². The molecule has 20 heavy (non-hydrogen) atoms. The number of hydrogen-bond donors (Lipinski definition) is 1. The molecule has 0 aliphatic carbocycles. The largest absolute Gasteiger partial charge is 0.310 e. The minimum Gasteiger partial charge on any atom is -0.310 e. The summed E-state index contributed by atoms with van der Waals surface area (Å²) >= 11 is 0. The Morgan fingerprint density at radius 3 is 2.45 bits per heavy atom. The Morgan fingerprint density at radius 1 is 1.05 bits per heavy atom. The van der Waals surface area contributed by atoms with Gasteiger partial charge in [0.15, 0.2) is 0 Å². The van der Waals surface area contributed by atoms with Crippen LogP contribution in [0.25, 0.3) is 0 Å². The summed E-state index contributed by atoms with van der Waals surface area (Å²) < 4.78 is 0. The molecule has 2 nitrogen and oxygen atoms in total. The normalized spacial score (nSPS) is 12.4. The Hall–Kier alpha value is -1.67. The number of aromatic nitrogens is 1. The number of benzene rings is 1. The Kier molecular flexibility index (Phi) is 4.91. The molecule has 0 aliphatic rings. The van der Waals surface area contributed by atoms with Gasteiger partial charge in [-0.3, -0.25) is 4.98 Å². The maximum Gasteiger partial charge on any atom is 0.0423 e. The van der Waals surface area contributed by atoms with Gasteiger partial charge in [0.1, 0.15) is 0 Å². The van der Waals surface area contributed by atoms with E-state index in [2.05, 4.69) is 67.5 Å². The zero-order chi connectivity index (χ0) is 14.5. The number of pyridine rings is 1. The topological polar surface area (TPSA) is 24.9 Å². The van der Waals surface area contributed by atoms with Gasteiger partial charge in [0.25, 0.3) is 0 Å². The highest BCUT2D eigenvalue weighted by Gasteiger charge is 2.15. The van der Waals surface area contributed by atoms with E-state index in [-0.39, 0.29) is 0 Å². The van der Waals surface area contributed by atoms with Gasteiger partial charge in [-0.2, -0.15) is 0 Å². The van der Waals surface area contributed by atoms with Gasteiger partial charge >= 0.3 is 0 Å². The molecular weight excluding hydrogens is 244 g/mol. The fraction of sp³-hybridized carbons (Fsp3) is 0.389. The molecule has 0 radical (unpaired) electrons. The van der Waals surface area contributed by atoms with Crippen LogP contribution in [0, 0.1) is 20.8 Å². The van der Waals surface area contributed by atoms with Crippen LogP contribution in [0.1, 0.15) is 41.0 Å². The average Bonchev–Trinajstić information content (AvgIpc) is 2.41. The van der Waals surface area contributed by atoms with Crippen molar-refractivity contribution in [3.05, 3.63) is 64.5 Å². The summed E-state index contributed by atoms with van der Waals surface area (Å²) in [5, 5.41) is 3.59. The zero-order valence-electron chi connectivity index (χ0n) is 12.9. The summed E-state index contributed by atoms with van der Waals surface area (Å²) in [6, 6.07) is 13.3. The molecule has 1 aromatic heterocycles. The third-order valence-corrected chi connectivity index (χ3v) is 3.78. The molecule has 0 bridgehead atoms. The number of likely N-dealkylation sites (N-methyl/N-ethyl adjacent to an activating group) is 1. The molecule has 1 aromatic carbocycles. The molecule has 2 aromatic rings. The molecule has 0 saturated heterocycles. The van der Waals surface area contributed by atoms with Crippen LogP contribution in [-0.4, -0.2) is 11.5 Å². The van der Waals surface area contributed by atoms with E-state index in [9.17, 15) is 0 Å². The Labute approximate surface area is 122 Å². The van der Waals surface area contributed by atoms with E-state index in [1.165, 1.54) is 16.7 Å². The standard InChI is InChI=1S/C18H24N2/c1-5-19-18(12-16-9-7-6-8-13(16)2)17-11-10-14(3)20-15(17)4/h6-11,18-19H,5,12H2,1-4H3. The first-order chi connectivity index (χ1) is 9.61. The highest BCUT2D eigenvalue weighted by atomic mass is 14.9. The fourth-order valence-electron chi connectivity index (χ4n) is 2.66. The second-order valence-electron chi connectivity index (χ2n) is 5.37. The van der Waals surface area contributed by atoms with Crippen LogP contribution in [0.2, 0.25) is 0 Å². The number of nitrogens with zero attached hydrogens (tertiary/aromatic N) is 1. The lowest BCUT2D eigenvalue weighted by molar-refractivity contribution is 0.544. The third-order valence-electron chi connectivity index (χ3n) is 3.78. The van der Waals surface area contributed by atoms with E-state index in [1.54, 1.807) is 0 Å². The van der Waals surface area contributed by atoms with Crippen LogP contribution in [0.4, 0.5) is 0 Å². The van der Waals surface area contributed by atoms with Crippen LogP contribution in [0.15, 0.2) is 36.4 Å². The second kappa shape index (κ2) is 6.67. The first-order valence-electron chi connectivity index (χ1n) is 7.34. The van der Waals surface area contributed by atoms with Gasteiger partial charge < -0.3 is 5.32 Å². The molecule has 0 spiro atoms. The number of hydrogen-bond acceptors (Lipinski definition) is 2. The van der Waals surface area contributed by atoms with E-state index >= 15 is 0 Å². The van der Waals surface area contributed by atoms with E-state index in [4.69, 9.17) is 0 Å². The van der Waals surface area contributed by atoms with Crippen molar-refractivity contribution in [2.24, 2.45) is 0 Å². The van der Waals surface area contributed by atoms with Crippen molar-refractivity contribution < 1.29 is 0 Å². The van der Waals surface area contributed by atoms with E-state index < -0.39 is 0 Å². The highest BCUT2D eigenvalue weighted by molar-refractivity contribution is 5.31.